The third-order valence-corrected chi connectivity index (χ3v) is 4.66. The minimum absolute atomic E-state index is 0.0547. The van der Waals surface area contributed by atoms with Crippen LogP contribution in [0.4, 0.5) is 0 Å². The van der Waals surface area contributed by atoms with E-state index in [1.807, 2.05) is 19.1 Å². The minimum atomic E-state index is -0.364. The maximum atomic E-state index is 12.0. The second-order valence-corrected chi connectivity index (χ2v) is 9.39. The number of aromatic hydroxyl groups is 1. The molecule has 0 bridgehead atoms. The summed E-state index contributed by atoms with van der Waals surface area (Å²) in [5.74, 6) is 0.700. The summed E-state index contributed by atoms with van der Waals surface area (Å²) in [6.07, 6.45) is 2.54. The average Bonchev–Trinajstić information content (AvgIpc) is 2.67. The largest absolute Gasteiger partial charge is 0.504 e. The van der Waals surface area contributed by atoms with Crippen LogP contribution in [0.5, 0.6) is 17.2 Å². The predicted molar refractivity (Wildman–Crippen MR) is 124 cm³/mol. The van der Waals surface area contributed by atoms with Crippen LogP contribution in [0.1, 0.15) is 59.1 Å². The Morgan fingerprint density at radius 1 is 1.06 bits per heavy atom. The Hall–Kier alpha value is -3.02. The van der Waals surface area contributed by atoms with Crippen LogP contribution in [0.25, 0.3) is 0 Å². The summed E-state index contributed by atoms with van der Waals surface area (Å²) >= 11 is 0. The number of carbonyl (C=O) groups is 1. The number of ether oxygens (including phenoxy) is 2. The second kappa shape index (κ2) is 10.3. The number of hydrazone groups is 1. The Morgan fingerprint density at radius 3 is 2.35 bits per heavy atom. The maximum absolute atomic E-state index is 12.0. The van der Waals surface area contributed by atoms with Crippen molar-refractivity contribution in [2.24, 2.45) is 10.5 Å². The van der Waals surface area contributed by atoms with Gasteiger partial charge in [-0.25, -0.2) is 5.43 Å². The van der Waals surface area contributed by atoms with Gasteiger partial charge in [-0.3, -0.25) is 4.79 Å². The van der Waals surface area contributed by atoms with Gasteiger partial charge in [-0.2, -0.15) is 5.10 Å². The molecule has 0 saturated heterocycles. The van der Waals surface area contributed by atoms with Gasteiger partial charge in [0, 0.05) is 0 Å². The van der Waals surface area contributed by atoms with E-state index in [1.165, 1.54) is 17.8 Å². The van der Waals surface area contributed by atoms with E-state index in [-0.39, 0.29) is 29.1 Å². The summed E-state index contributed by atoms with van der Waals surface area (Å²) in [5, 5.41) is 13.6. The predicted octanol–water partition coefficient (Wildman–Crippen LogP) is 5.03. The fraction of sp³-hybridized carbons (Fsp3) is 0.440. The topological polar surface area (TPSA) is 80.2 Å². The molecule has 1 amide bonds. The summed E-state index contributed by atoms with van der Waals surface area (Å²) in [5.41, 5.74) is 4.65. The van der Waals surface area contributed by atoms with Crippen LogP contribution in [0.2, 0.25) is 0 Å². The van der Waals surface area contributed by atoms with Crippen LogP contribution in [0.15, 0.2) is 47.6 Å². The van der Waals surface area contributed by atoms with Gasteiger partial charge in [0.1, 0.15) is 5.75 Å². The molecule has 0 aliphatic heterocycles. The molecule has 6 nitrogen and oxygen atoms in total. The van der Waals surface area contributed by atoms with Crippen LogP contribution in [-0.2, 0) is 10.2 Å². The van der Waals surface area contributed by atoms with Crippen LogP contribution in [-0.4, -0.2) is 30.4 Å². The van der Waals surface area contributed by atoms with Gasteiger partial charge >= 0.3 is 0 Å². The Bertz CT molecular complexity index is 897. The molecule has 0 fully saturated rings. The third-order valence-electron chi connectivity index (χ3n) is 4.66. The number of benzene rings is 2. The van der Waals surface area contributed by atoms with E-state index < -0.39 is 0 Å². The molecule has 2 aromatic carbocycles. The summed E-state index contributed by atoms with van der Waals surface area (Å²) in [4.78, 5) is 12.0. The first kappa shape index (κ1) is 24.3. The Labute approximate surface area is 185 Å². The van der Waals surface area contributed by atoms with E-state index in [0.29, 0.717) is 23.7 Å². The van der Waals surface area contributed by atoms with E-state index in [1.54, 1.807) is 12.1 Å². The molecule has 2 aromatic rings. The van der Waals surface area contributed by atoms with Crippen LogP contribution in [0.3, 0.4) is 0 Å². The van der Waals surface area contributed by atoms with Gasteiger partial charge in [-0.05, 0) is 65.6 Å². The number of rotatable bonds is 9. The van der Waals surface area contributed by atoms with Crippen LogP contribution >= 0.6 is 0 Å². The number of phenols is 1. The van der Waals surface area contributed by atoms with Crippen molar-refractivity contribution in [2.45, 2.75) is 53.4 Å². The number of nitrogens with zero attached hydrogens (tertiary/aromatic N) is 1. The van der Waals surface area contributed by atoms with Crippen molar-refractivity contribution in [1.29, 1.82) is 0 Å². The Kier molecular flexibility index (Phi) is 8.08. The lowest BCUT2D eigenvalue weighted by Crippen LogP contribution is -2.25. The van der Waals surface area contributed by atoms with Crippen molar-refractivity contribution in [3.8, 4) is 17.2 Å². The molecule has 2 rings (SSSR count). The zero-order valence-corrected chi connectivity index (χ0v) is 19.4. The number of carbonyl (C=O) groups excluding carboxylic acids is 1. The fourth-order valence-electron chi connectivity index (χ4n) is 3.67. The molecule has 168 valence electrons. The summed E-state index contributed by atoms with van der Waals surface area (Å²) in [6, 6.07) is 12.7. The highest BCUT2D eigenvalue weighted by molar-refractivity contribution is 5.83. The van der Waals surface area contributed by atoms with Crippen molar-refractivity contribution in [1.82, 2.24) is 5.43 Å². The number of nitrogens with one attached hydrogen (secondary N) is 1. The first-order valence-electron chi connectivity index (χ1n) is 10.5. The highest BCUT2D eigenvalue weighted by Gasteiger charge is 2.27. The molecule has 0 heterocycles. The van der Waals surface area contributed by atoms with Crippen molar-refractivity contribution in [3.63, 3.8) is 0 Å². The van der Waals surface area contributed by atoms with Gasteiger partial charge in [0.15, 0.2) is 18.1 Å². The molecule has 0 aliphatic carbocycles. The molecule has 0 atom stereocenters. The van der Waals surface area contributed by atoms with Gasteiger partial charge in [-0.15, -0.1) is 0 Å². The van der Waals surface area contributed by atoms with Gasteiger partial charge in [-0.1, -0.05) is 46.8 Å². The lowest BCUT2D eigenvalue weighted by molar-refractivity contribution is -0.123. The van der Waals surface area contributed by atoms with E-state index in [0.717, 1.165) is 6.42 Å². The molecule has 0 aromatic heterocycles. The van der Waals surface area contributed by atoms with Crippen molar-refractivity contribution in [2.75, 3.05) is 13.2 Å². The van der Waals surface area contributed by atoms with E-state index in [2.05, 4.69) is 57.3 Å². The van der Waals surface area contributed by atoms with Crippen molar-refractivity contribution < 1.29 is 19.4 Å². The molecule has 6 heteroatoms. The van der Waals surface area contributed by atoms with Gasteiger partial charge in [0.05, 0.1) is 12.8 Å². The standard InChI is InChI=1S/C25H34N2O4/c1-7-30-22-14-18(8-13-21(22)28)15-26-27-23(29)16-31-20-11-9-19(10-12-20)25(5,6)17-24(2,3)4/h8-15,28H,7,16-17H2,1-6H3,(H,27,29)/b26-15-. The normalized spacial score (nSPS) is 12.1. The first-order valence-corrected chi connectivity index (χ1v) is 10.5. The zero-order chi connectivity index (χ0) is 23.1. The van der Waals surface area contributed by atoms with Crippen LogP contribution in [0, 0.1) is 5.41 Å². The number of phenolic OH excluding ortho intramolecular Hbond substituents is 1. The van der Waals surface area contributed by atoms with E-state index in [9.17, 15) is 9.90 Å². The van der Waals surface area contributed by atoms with Gasteiger partial charge < -0.3 is 14.6 Å². The van der Waals surface area contributed by atoms with E-state index >= 15 is 0 Å². The van der Waals surface area contributed by atoms with Gasteiger partial charge in [0.25, 0.3) is 5.91 Å². The SMILES string of the molecule is CCOc1cc(/C=N\NC(=O)COc2ccc(C(C)(C)CC(C)(C)C)cc2)ccc1O. The molecule has 2 N–H and O–H groups in total. The van der Waals surface area contributed by atoms with Crippen LogP contribution < -0.4 is 14.9 Å². The lowest BCUT2D eigenvalue weighted by Gasteiger charge is -2.33. The molecular weight excluding hydrogens is 392 g/mol. The molecular formula is C25H34N2O4. The number of hydrogen-bond acceptors (Lipinski definition) is 5. The van der Waals surface area contributed by atoms with E-state index in [4.69, 9.17) is 9.47 Å². The minimum Gasteiger partial charge on any atom is -0.504 e. The summed E-state index contributed by atoms with van der Waals surface area (Å²) < 4.78 is 10.9. The fourth-order valence-corrected chi connectivity index (χ4v) is 3.67. The maximum Gasteiger partial charge on any atom is 0.277 e. The lowest BCUT2D eigenvalue weighted by atomic mass is 9.72. The summed E-state index contributed by atoms with van der Waals surface area (Å²) in [7, 11) is 0. The third kappa shape index (κ3) is 7.96. The van der Waals surface area contributed by atoms with Crippen molar-refractivity contribution >= 4 is 12.1 Å². The highest BCUT2D eigenvalue weighted by atomic mass is 16.5. The second-order valence-electron chi connectivity index (χ2n) is 9.39. The quantitative estimate of drug-likeness (QED) is 0.435. The zero-order valence-electron chi connectivity index (χ0n) is 19.4. The monoisotopic (exact) mass is 426 g/mol. The Balaban J connectivity index is 1.86. The highest BCUT2D eigenvalue weighted by Crippen LogP contribution is 2.36. The number of hydrogen-bond donors (Lipinski definition) is 2. The van der Waals surface area contributed by atoms with Crippen molar-refractivity contribution in [3.05, 3.63) is 53.6 Å². The van der Waals surface area contributed by atoms with Gasteiger partial charge in [0.2, 0.25) is 0 Å². The molecule has 0 spiro atoms. The molecule has 0 aliphatic rings. The first-order chi connectivity index (χ1) is 14.5. The summed E-state index contributed by atoms with van der Waals surface area (Å²) in [6.45, 7) is 13.3. The average molecular weight is 427 g/mol. The smallest absolute Gasteiger partial charge is 0.277 e. The molecule has 0 saturated carbocycles. The molecule has 31 heavy (non-hydrogen) atoms. The Morgan fingerprint density at radius 2 is 1.74 bits per heavy atom. The molecule has 0 radical (unpaired) electrons. The molecule has 0 unspecified atom stereocenters. The number of amides is 1.